The van der Waals surface area contributed by atoms with Gasteiger partial charge in [0.15, 0.2) is 0 Å². The summed E-state index contributed by atoms with van der Waals surface area (Å²) in [7, 11) is -3.54. The van der Waals surface area contributed by atoms with Crippen LogP contribution in [0.3, 0.4) is 0 Å². The topological polar surface area (TPSA) is 59.5 Å². The van der Waals surface area contributed by atoms with Gasteiger partial charge in [0.05, 0.1) is 18.0 Å². The lowest BCUT2D eigenvalue weighted by Crippen LogP contribution is -2.56. The molecule has 1 fully saturated rings. The standard InChI is InChI=1S/C16H17ClN2O3S/c1-11-5-3-8-16(18-11)22-13-9-19(10-13)23(20,21)15-7-4-6-14(17)12(15)2/h3-8,13H,9-10H2,1-2H3. The number of hydrogen-bond donors (Lipinski definition) is 0. The van der Waals surface area contributed by atoms with E-state index in [1.165, 1.54) is 4.31 Å². The van der Waals surface area contributed by atoms with E-state index in [0.717, 1.165) is 5.69 Å². The first-order chi connectivity index (χ1) is 10.9. The Morgan fingerprint density at radius 1 is 1.17 bits per heavy atom. The quantitative estimate of drug-likeness (QED) is 0.849. The molecule has 1 aliphatic rings. The third-order valence-corrected chi connectivity index (χ3v) is 6.19. The second-order valence-corrected chi connectivity index (χ2v) is 7.86. The number of halogens is 1. The summed E-state index contributed by atoms with van der Waals surface area (Å²) in [5.41, 5.74) is 1.43. The molecule has 0 bridgehead atoms. The monoisotopic (exact) mass is 352 g/mol. The van der Waals surface area contributed by atoms with E-state index in [-0.39, 0.29) is 11.0 Å². The fourth-order valence-corrected chi connectivity index (χ4v) is 4.41. The molecule has 1 aromatic heterocycles. The van der Waals surface area contributed by atoms with E-state index < -0.39 is 10.0 Å². The summed E-state index contributed by atoms with van der Waals surface area (Å²) >= 11 is 6.02. The zero-order valence-corrected chi connectivity index (χ0v) is 14.4. The largest absolute Gasteiger partial charge is 0.472 e. The molecule has 1 saturated heterocycles. The number of aromatic nitrogens is 1. The fourth-order valence-electron chi connectivity index (χ4n) is 2.43. The van der Waals surface area contributed by atoms with Crippen LogP contribution in [0, 0.1) is 13.8 Å². The zero-order valence-electron chi connectivity index (χ0n) is 12.9. The second-order valence-electron chi connectivity index (χ2n) is 5.54. The molecule has 1 aromatic carbocycles. The van der Waals surface area contributed by atoms with Crippen molar-refractivity contribution in [2.24, 2.45) is 0 Å². The van der Waals surface area contributed by atoms with Crippen LogP contribution in [0.2, 0.25) is 5.02 Å². The minimum Gasteiger partial charge on any atom is -0.472 e. The van der Waals surface area contributed by atoms with Crippen LogP contribution in [0.1, 0.15) is 11.3 Å². The number of ether oxygens (including phenoxy) is 1. The van der Waals surface area contributed by atoms with E-state index in [4.69, 9.17) is 16.3 Å². The molecule has 3 rings (SSSR count). The molecule has 2 heterocycles. The van der Waals surface area contributed by atoms with Gasteiger partial charge in [-0.05, 0) is 37.6 Å². The van der Waals surface area contributed by atoms with Crippen molar-refractivity contribution in [1.82, 2.24) is 9.29 Å². The zero-order chi connectivity index (χ0) is 16.6. The van der Waals surface area contributed by atoms with Crippen molar-refractivity contribution < 1.29 is 13.2 Å². The number of rotatable bonds is 4. The molecule has 0 aliphatic carbocycles. The van der Waals surface area contributed by atoms with Crippen LogP contribution in [0.4, 0.5) is 0 Å². The first-order valence-electron chi connectivity index (χ1n) is 7.23. The highest BCUT2D eigenvalue weighted by atomic mass is 35.5. The van der Waals surface area contributed by atoms with E-state index in [0.29, 0.717) is 29.6 Å². The Kier molecular flexibility index (Phi) is 4.31. The Labute approximate surface area is 140 Å². The minimum absolute atomic E-state index is 0.182. The Morgan fingerprint density at radius 3 is 2.57 bits per heavy atom. The number of hydrogen-bond acceptors (Lipinski definition) is 4. The number of aryl methyl sites for hydroxylation is 1. The smallest absolute Gasteiger partial charge is 0.243 e. The van der Waals surface area contributed by atoms with Gasteiger partial charge in [-0.2, -0.15) is 4.31 Å². The highest BCUT2D eigenvalue weighted by Gasteiger charge is 2.39. The lowest BCUT2D eigenvalue weighted by molar-refractivity contribution is 0.0719. The molecule has 23 heavy (non-hydrogen) atoms. The van der Waals surface area contributed by atoms with Crippen LogP contribution in [0.5, 0.6) is 5.88 Å². The summed E-state index contributed by atoms with van der Waals surface area (Å²) in [6, 6.07) is 10.4. The third-order valence-electron chi connectivity index (χ3n) is 3.80. The van der Waals surface area contributed by atoms with Gasteiger partial charge in [-0.1, -0.05) is 23.7 Å². The molecule has 1 aliphatic heterocycles. The van der Waals surface area contributed by atoms with Gasteiger partial charge in [-0.25, -0.2) is 13.4 Å². The lowest BCUT2D eigenvalue weighted by atomic mass is 10.2. The Bertz CT molecular complexity index is 833. The molecule has 5 nitrogen and oxygen atoms in total. The fraction of sp³-hybridized carbons (Fsp3) is 0.312. The summed E-state index contributed by atoms with van der Waals surface area (Å²) in [6.45, 7) is 4.21. The van der Waals surface area contributed by atoms with Gasteiger partial charge in [0.1, 0.15) is 6.10 Å². The van der Waals surface area contributed by atoms with Crippen molar-refractivity contribution >= 4 is 21.6 Å². The highest BCUT2D eigenvalue weighted by molar-refractivity contribution is 7.89. The van der Waals surface area contributed by atoms with Gasteiger partial charge in [-0.15, -0.1) is 0 Å². The summed E-state index contributed by atoms with van der Waals surface area (Å²) in [5, 5.41) is 0.448. The number of sulfonamides is 1. The lowest BCUT2D eigenvalue weighted by Gasteiger charge is -2.37. The van der Waals surface area contributed by atoms with Gasteiger partial charge in [0.25, 0.3) is 0 Å². The van der Waals surface area contributed by atoms with Crippen molar-refractivity contribution in [3.63, 3.8) is 0 Å². The highest BCUT2D eigenvalue weighted by Crippen LogP contribution is 2.29. The SMILES string of the molecule is Cc1cccc(OC2CN(S(=O)(=O)c3cccc(Cl)c3C)C2)n1. The number of nitrogens with zero attached hydrogens (tertiary/aromatic N) is 2. The van der Waals surface area contributed by atoms with Crippen LogP contribution < -0.4 is 4.74 Å². The summed E-state index contributed by atoms with van der Waals surface area (Å²) < 4.78 is 32.4. The Balaban J connectivity index is 1.70. The second kappa shape index (κ2) is 6.11. The molecule has 0 N–H and O–H groups in total. The van der Waals surface area contributed by atoms with Crippen molar-refractivity contribution in [2.75, 3.05) is 13.1 Å². The average molecular weight is 353 g/mol. The molecule has 0 unspecified atom stereocenters. The van der Waals surface area contributed by atoms with Crippen LogP contribution >= 0.6 is 11.6 Å². The van der Waals surface area contributed by atoms with Gasteiger partial charge >= 0.3 is 0 Å². The third kappa shape index (κ3) is 3.20. The predicted molar refractivity (Wildman–Crippen MR) is 88.3 cm³/mol. The Morgan fingerprint density at radius 2 is 1.87 bits per heavy atom. The molecule has 7 heteroatoms. The molecule has 122 valence electrons. The van der Waals surface area contributed by atoms with Crippen LogP contribution in [0.15, 0.2) is 41.3 Å². The van der Waals surface area contributed by atoms with Crippen molar-refractivity contribution in [2.45, 2.75) is 24.8 Å². The predicted octanol–water partition coefficient (Wildman–Crippen LogP) is 2.80. The number of benzene rings is 1. The van der Waals surface area contributed by atoms with E-state index in [9.17, 15) is 8.42 Å². The van der Waals surface area contributed by atoms with E-state index in [1.807, 2.05) is 19.1 Å². The van der Waals surface area contributed by atoms with Crippen molar-refractivity contribution in [3.8, 4) is 5.88 Å². The molecule has 0 radical (unpaired) electrons. The summed E-state index contributed by atoms with van der Waals surface area (Å²) in [4.78, 5) is 4.51. The number of pyridine rings is 1. The molecular weight excluding hydrogens is 336 g/mol. The molecule has 2 aromatic rings. The maximum Gasteiger partial charge on any atom is 0.243 e. The molecule has 0 atom stereocenters. The van der Waals surface area contributed by atoms with Crippen LogP contribution in [0.25, 0.3) is 0 Å². The van der Waals surface area contributed by atoms with Crippen LogP contribution in [-0.4, -0.2) is 36.9 Å². The van der Waals surface area contributed by atoms with E-state index in [2.05, 4.69) is 4.98 Å². The van der Waals surface area contributed by atoms with Gasteiger partial charge in [0, 0.05) is 16.8 Å². The van der Waals surface area contributed by atoms with E-state index >= 15 is 0 Å². The maximum atomic E-state index is 12.6. The van der Waals surface area contributed by atoms with Gasteiger partial charge < -0.3 is 4.74 Å². The molecular formula is C16H17ClN2O3S. The first-order valence-corrected chi connectivity index (χ1v) is 9.05. The van der Waals surface area contributed by atoms with Crippen LogP contribution in [-0.2, 0) is 10.0 Å². The molecule has 0 saturated carbocycles. The summed E-state index contributed by atoms with van der Waals surface area (Å²) in [6.07, 6.45) is -0.182. The van der Waals surface area contributed by atoms with E-state index in [1.54, 1.807) is 31.2 Å². The van der Waals surface area contributed by atoms with Crippen molar-refractivity contribution in [3.05, 3.63) is 52.7 Å². The van der Waals surface area contributed by atoms with Gasteiger partial charge in [0.2, 0.25) is 15.9 Å². The molecule has 0 spiro atoms. The summed E-state index contributed by atoms with van der Waals surface area (Å²) in [5.74, 6) is 0.519. The normalized spacial score (nSPS) is 16.1. The minimum atomic E-state index is -3.54. The Hall–Kier alpha value is -1.63. The average Bonchev–Trinajstić information content (AvgIpc) is 2.45. The van der Waals surface area contributed by atoms with Gasteiger partial charge in [-0.3, -0.25) is 0 Å². The van der Waals surface area contributed by atoms with Crippen molar-refractivity contribution in [1.29, 1.82) is 0 Å². The first kappa shape index (κ1) is 16.2. The molecule has 0 amide bonds. The maximum absolute atomic E-state index is 12.6.